The molecule has 1 aromatic rings. The molecule has 0 unspecified atom stereocenters. The lowest BCUT2D eigenvalue weighted by molar-refractivity contribution is 0.313. The summed E-state index contributed by atoms with van der Waals surface area (Å²) in [5.74, 6) is 0. The average Bonchev–Trinajstić information content (AvgIpc) is 2.31. The van der Waals surface area contributed by atoms with Crippen molar-refractivity contribution in [2.75, 3.05) is 38.1 Å². The molecule has 0 bridgehead atoms. The molecule has 0 N–H and O–H groups in total. The van der Waals surface area contributed by atoms with Gasteiger partial charge in [-0.05, 0) is 24.7 Å². The Morgan fingerprint density at radius 2 is 2.00 bits per heavy atom. The minimum Gasteiger partial charge on any atom is -0.368 e. The lowest BCUT2D eigenvalue weighted by atomic mass is 10.1. The predicted octanol–water partition coefficient (Wildman–Crippen LogP) is 2.16. The van der Waals surface area contributed by atoms with Crippen molar-refractivity contribution in [3.05, 3.63) is 28.8 Å². The van der Waals surface area contributed by atoms with Crippen molar-refractivity contribution >= 4 is 17.3 Å². The van der Waals surface area contributed by atoms with E-state index >= 15 is 0 Å². The molecule has 1 fully saturated rings. The number of likely N-dealkylation sites (N-methyl/N-ethyl adjacent to an activating group) is 1. The third-order valence-electron chi connectivity index (χ3n) is 3.14. The standard InChI is InChI=1S/C13H16ClN3/c1-16-6-8-17(9-7-16)13-3-2-11(4-5-15)10-12(13)14/h2-3,10H,4,6-9H2,1H3. The molecule has 0 saturated carbocycles. The van der Waals surface area contributed by atoms with Crippen LogP contribution in [0.2, 0.25) is 5.02 Å². The lowest BCUT2D eigenvalue weighted by Gasteiger charge is -2.34. The number of piperazine rings is 1. The molecule has 1 heterocycles. The maximum absolute atomic E-state index is 8.65. The fourth-order valence-electron chi connectivity index (χ4n) is 2.06. The van der Waals surface area contributed by atoms with E-state index in [2.05, 4.69) is 22.9 Å². The number of hydrogen-bond donors (Lipinski definition) is 0. The van der Waals surface area contributed by atoms with Crippen molar-refractivity contribution in [1.29, 1.82) is 5.26 Å². The van der Waals surface area contributed by atoms with Gasteiger partial charge in [0.25, 0.3) is 0 Å². The first-order valence-electron chi connectivity index (χ1n) is 5.79. The van der Waals surface area contributed by atoms with Gasteiger partial charge in [-0.25, -0.2) is 0 Å². The van der Waals surface area contributed by atoms with Gasteiger partial charge in [0, 0.05) is 26.2 Å². The van der Waals surface area contributed by atoms with Crippen molar-refractivity contribution in [2.45, 2.75) is 6.42 Å². The van der Waals surface area contributed by atoms with E-state index in [-0.39, 0.29) is 0 Å². The molecule has 1 aliphatic heterocycles. The van der Waals surface area contributed by atoms with Crippen LogP contribution >= 0.6 is 11.6 Å². The van der Waals surface area contributed by atoms with Gasteiger partial charge >= 0.3 is 0 Å². The van der Waals surface area contributed by atoms with E-state index < -0.39 is 0 Å². The van der Waals surface area contributed by atoms with Gasteiger partial charge in [0.05, 0.1) is 23.2 Å². The molecule has 17 heavy (non-hydrogen) atoms. The Bertz CT molecular complexity index is 431. The lowest BCUT2D eigenvalue weighted by Crippen LogP contribution is -2.44. The van der Waals surface area contributed by atoms with E-state index in [0.29, 0.717) is 6.42 Å². The van der Waals surface area contributed by atoms with Crippen LogP contribution in [0.25, 0.3) is 0 Å². The van der Waals surface area contributed by atoms with Crippen LogP contribution in [-0.4, -0.2) is 38.1 Å². The third kappa shape index (κ3) is 2.91. The van der Waals surface area contributed by atoms with E-state index in [0.717, 1.165) is 42.5 Å². The molecule has 4 heteroatoms. The highest BCUT2D eigenvalue weighted by atomic mass is 35.5. The van der Waals surface area contributed by atoms with E-state index in [4.69, 9.17) is 16.9 Å². The normalized spacial score (nSPS) is 16.9. The molecule has 90 valence electrons. The highest BCUT2D eigenvalue weighted by molar-refractivity contribution is 6.33. The summed E-state index contributed by atoms with van der Waals surface area (Å²) in [7, 11) is 2.13. The van der Waals surface area contributed by atoms with Crippen LogP contribution in [0.15, 0.2) is 18.2 Å². The SMILES string of the molecule is CN1CCN(c2ccc(CC#N)cc2Cl)CC1. The number of nitrogens with zero attached hydrogens (tertiary/aromatic N) is 3. The largest absolute Gasteiger partial charge is 0.368 e. The van der Waals surface area contributed by atoms with Gasteiger partial charge in [0.2, 0.25) is 0 Å². The second-order valence-corrected chi connectivity index (χ2v) is 4.82. The molecule has 0 amide bonds. The van der Waals surface area contributed by atoms with Crippen LogP contribution in [0.4, 0.5) is 5.69 Å². The fraction of sp³-hybridized carbons (Fsp3) is 0.462. The Labute approximate surface area is 107 Å². The zero-order valence-corrected chi connectivity index (χ0v) is 10.7. The summed E-state index contributed by atoms with van der Waals surface area (Å²) in [6.07, 6.45) is 0.419. The summed E-state index contributed by atoms with van der Waals surface area (Å²) in [5, 5.41) is 9.40. The van der Waals surface area contributed by atoms with Gasteiger partial charge in [-0.3, -0.25) is 0 Å². The van der Waals surface area contributed by atoms with Crippen molar-refractivity contribution in [2.24, 2.45) is 0 Å². The van der Waals surface area contributed by atoms with Crippen molar-refractivity contribution in [1.82, 2.24) is 4.90 Å². The van der Waals surface area contributed by atoms with Crippen LogP contribution in [-0.2, 0) is 6.42 Å². The highest BCUT2D eigenvalue weighted by Gasteiger charge is 2.16. The van der Waals surface area contributed by atoms with Gasteiger partial charge in [-0.2, -0.15) is 5.26 Å². The summed E-state index contributed by atoms with van der Waals surface area (Å²) in [6, 6.07) is 8.06. The minimum absolute atomic E-state index is 0.419. The topological polar surface area (TPSA) is 30.3 Å². The number of anilines is 1. The Hall–Kier alpha value is -1.24. The molecular weight excluding hydrogens is 234 g/mol. The molecule has 0 spiro atoms. The van der Waals surface area contributed by atoms with Crippen LogP contribution in [0.1, 0.15) is 5.56 Å². The Balaban J connectivity index is 2.14. The number of hydrogen-bond acceptors (Lipinski definition) is 3. The highest BCUT2D eigenvalue weighted by Crippen LogP contribution is 2.27. The first-order valence-corrected chi connectivity index (χ1v) is 6.17. The quantitative estimate of drug-likeness (QED) is 0.805. The molecule has 0 aromatic heterocycles. The predicted molar refractivity (Wildman–Crippen MR) is 70.5 cm³/mol. The molecular formula is C13H16ClN3. The smallest absolute Gasteiger partial charge is 0.0669 e. The molecule has 2 rings (SSSR count). The maximum atomic E-state index is 8.65. The summed E-state index contributed by atoms with van der Waals surface area (Å²) in [5.41, 5.74) is 2.07. The van der Waals surface area contributed by atoms with E-state index in [1.54, 1.807) is 0 Å². The van der Waals surface area contributed by atoms with Crippen molar-refractivity contribution in [3.63, 3.8) is 0 Å². The Morgan fingerprint density at radius 3 is 2.59 bits per heavy atom. The summed E-state index contributed by atoms with van der Waals surface area (Å²) in [6.45, 7) is 4.15. The molecule has 1 aromatic carbocycles. The van der Waals surface area contributed by atoms with Gasteiger partial charge in [-0.15, -0.1) is 0 Å². The molecule has 0 aliphatic carbocycles. The van der Waals surface area contributed by atoms with Crippen molar-refractivity contribution < 1.29 is 0 Å². The molecule has 0 atom stereocenters. The van der Waals surface area contributed by atoms with E-state index in [9.17, 15) is 0 Å². The second-order valence-electron chi connectivity index (χ2n) is 4.41. The first-order chi connectivity index (χ1) is 8.20. The monoisotopic (exact) mass is 249 g/mol. The zero-order chi connectivity index (χ0) is 12.3. The summed E-state index contributed by atoms with van der Waals surface area (Å²) < 4.78 is 0. The molecule has 0 radical (unpaired) electrons. The summed E-state index contributed by atoms with van der Waals surface area (Å²) in [4.78, 5) is 4.62. The number of benzene rings is 1. The zero-order valence-electron chi connectivity index (χ0n) is 9.99. The third-order valence-corrected chi connectivity index (χ3v) is 3.44. The van der Waals surface area contributed by atoms with Gasteiger partial charge in [0.15, 0.2) is 0 Å². The van der Waals surface area contributed by atoms with Gasteiger partial charge in [-0.1, -0.05) is 17.7 Å². The second kappa shape index (κ2) is 5.39. The van der Waals surface area contributed by atoms with Crippen LogP contribution in [0.3, 0.4) is 0 Å². The molecule has 3 nitrogen and oxygen atoms in total. The first kappa shape index (κ1) is 12.2. The minimum atomic E-state index is 0.419. The van der Waals surface area contributed by atoms with Gasteiger partial charge < -0.3 is 9.80 Å². The van der Waals surface area contributed by atoms with Gasteiger partial charge in [0.1, 0.15) is 0 Å². The van der Waals surface area contributed by atoms with E-state index in [1.165, 1.54) is 0 Å². The van der Waals surface area contributed by atoms with Crippen LogP contribution < -0.4 is 4.90 Å². The van der Waals surface area contributed by atoms with Crippen LogP contribution in [0.5, 0.6) is 0 Å². The Kier molecular flexibility index (Phi) is 3.88. The number of nitriles is 1. The molecule has 1 saturated heterocycles. The van der Waals surface area contributed by atoms with Crippen molar-refractivity contribution in [3.8, 4) is 6.07 Å². The van der Waals surface area contributed by atoms with Crippen LogP contribution in [0, 0.1) is 11.3 Å². The number of halogens is 1. The summed E-state index contributed by atoms with van der Waals surface area (Å²) >= 11 is 6.27. The maximum Gasteiger partial charge on any atom is 0.0669 e. The van der Waals surface area contributed by atoms with E-state index in [1.807, 2.05) is 18.2 Å². The Morgan fingerprint density at radius 1 is 1.29 bits per heavy atom. The number of rotatable bonds is 2. The fourth-order valence-corrected chi connectivity index (χ4v) is 2.38. The molecule has 1 aliphatic rings. The average molecular weight is 250 g/mol.